The molecule has 1 atom stereocenters. The summed E-state index contributed by atoms with van der Waals surface area (Å²) in [6.07, 6.45) is 4.28. The minimum Gasteiger partial charge on any atom is -0.282 e. The highest BCUT2D eigenvalue weighted by Crippen LogP contribution is 2.33. The number of sulfonamides is 1. The van der Waals surface area contributed by atoms with E-state index in [0.717, 1.165) is 27.9 Å². The van der Waals surface area contributed by atoms with E-state index in [4.69, 9.17) is 0 Å². The molecule has 3 heterocycles. The number of carbonyl (C=O) groups is 1. The van der Waals surface area contributed by atoms with Gasteiger partial charge in [-0.15, -0.1) is 0 Å². The molecule has 0 bridgehead atoms. The summed E-state index contributed by atoms with van der Waals surface area (Å²) in [7, 11) is -3.97. The van der Waals surface area contributed by atoms with Crippen LogP contribution in [-0.4, -0.2) is 41.2 Å². The Morgan fingerprint density at radius 1 is 1.12 bits per heavy atom. The maximum atomic E-state index is 13.9. The summed E-state index contributed by atoms with van der Waals surface area (Å²) < 4.78 is 42.2. The maximum absolute atomic E-state index is 13.9. The molecular formula is C24H21FN4O3S2. The third kappa shape index (κ3) is 4.31. The number of hydrogen-bond donors (Lipinski definition) is 0. The Morgan fingerprint density at radius 2 is 1.91 bits per heavy atom. The summed E-state index contributed by atoms with van der Waals surface area (Å²) in [6.45, 7) is 0.435. The summed E-state index contributed by atoms with van der Waals surface area (Å²) in [6, 6.07) is 15.0. The minimum atomic E-state index is -3.97. The standard InChI is InChI=1S/C24H21FN4O3S2/c25-18-9-11-19(12-10-18)34(31,32)29-14-4-7-21(29)23(30)28(16-17-5-3-13-26-15-17)24-27-20-6-1-2-8-22(20)33-24/h1-3,5-6,8-13,15,21H,4,7,14,16H2. The highest BCUT2D eigenvalue weighted by Gasteiger charge is 2.42. The molecule has 0 saturated carbocycles. The monoisotopic (exact) mass is 496 g/mol. The van der Waals surface area contributed by atoms with Gasteiger partial charge >= 0.3 is 0 Å². The Hall–Kier alpha value is -3.21. The van der Waals surface area contributed by atoms with E-state index in [1.807, 2.05) is 30.3 Å². The fourth-order valence-corrected chi connectivity index (χ4v) is 6.71. The molecule has 1 amide bonds. The third-order valence-electron chi connectivity index (χ3n) is 5.75. The maximum Gasteiger partial charge on any atom is 0.247 e. The fraction of sp³-hybridized carbons (Fsp3) is 0.208. The zero-order valence-corrected chi connectivity index (χ0v) is 19.7. The van der Waals surface area contributed by atoms with Crippen molar-refractivity contribution in [2.75, 3.05) is 11.4 Å². The van der Waals surface area contributed by atoms with E-state index < -0.39 is 21.9 Å². The van der Waals surface area contributed by atoms with Crippen molar-refractivity contribution in [3.8, 4) is 0 Å². The first-order valence-electron chi connectivity index (χ1n) is 10.8. The lowest BCUT2D eigenvalue weighted by Crippen LogP contribution is -2.47. The number of carbonyl (C=O) groups excluding carboxylic acids is 1. The quantitative estimate of drug-likeness (QED) is 0.399. The first-order valence-corrected chi connectivity index (χ1v) is 13.0. The summed E-state index contributed by atoms with van der Waals surface area (Å²) in [4.78, 5) is 24.2. The van der Waals surface area contributed by atoms with Crippen LogP contribution in [0.15, 0.2) is 78.0 Å². The summed E-state index contributed by atoms with van der Waals surface area (Å²) >= 11 is 1.38. The van der Waals surface area contributed by atoms with E-state index >= 15 is 0 Å². The molecule has 1 unspecified atom stereocenters. The van der Waals surface area contributed by atoms with E-state index in [0.29, 0.717) is 18.0 Å². The predicted octanol–water partition coefficient (Wildman–Crippen LogP) is 4.22. The van der Waals surface area contributed by atoms with E-state index in [9.17, 15) is 17.6 Å². The van der Waals surface area contributed by atoms with Crippen LogP contribution in [0.25, 0.3) is 10.2 Å². The second-order valence-electron chi connectivity index (χ2n) is 7.98. The zero-order valence-electron chi connectivity index (χ0n) is 18.0. The van der Waals surface area contributed by atoms with Crippen LogP contribution in [0.3, 0.4) is 0 Å². The number of para-hydroxylation sites is 1. The van der Waals surface area contributed by atoms with Gasteiger partial charge < -0.3 is 0 Å². The van der Waals surface area contributed by atoms with Crippen LogP contribution in [0.2, 0.25) is 0 Å². The smallest absolute Gasteiger partial charge is 0.247 e. The summed E-state index contributed by atoms with van der Waals surface area (Å²) in [5.74, 6) is -0.863. The van der Waals surface area contributed by atoms with Gasteiger partial charge in [0.05, 0.1) is 21.7 Å². The average Bonchev–Trinajstić information content (AvgIpc) is 3.51. The molecule has 0 aliphatic carbocycles. The van der Waals surface area contributed by atoms with Crippen molar-refractivity contribution in [3.05, 3.63) is 84.4 Å². The van der Waals surface area contributed by atoms with E-state index in [1.165, 1.54) is 27.8 Å². The molecule has 0 N–H and O–H groups in total. The number of rotatable bonds is 6. The topological polar surface area (TPSA) is 83.5 Å². The van der Waals surface area contributed by atoms with Gasteiger partial charge in [-0.25, -0.2) is 17.8 Å². The lowest BCUT2D eigenvalue weighted by atomic mass is 10.2. The van der Waals surface area contributed by atoms with Crippen LogP contribution in [0.4, 0.5) is 9.52 Å². The molecule has 174 valence electrons. The molecule has 1 saturated heterocycles. The molecule has 1 fully saturated rings. The first kappa shape index (κ1) is 22.6. The number of amides is 1. The van der Waals surface area contributed by atoms with Crippen molar-refractivity contribution in [2.24, 2.45) is 0 Å². The fourth-order valence-electron chi connectivity index (χ4n) is 4.09. The van der Waals surface area contributed by atoms with Gasteiger partial charge in [-0.2, -0.15) is 4.31 Å². The Labute approximate surface area is 200 Å². The van der Waals surface area contributed by atoms with Gasteiger partial charge in [0.25, 0.3) is 0 Å². The van der Waals surface area contributed by atoms with E-state index in [2.05, 4.69) is 9.97 Å². The number of aromatic nitrogens is 2. The number of nitrogens with zero attached hydrogens (tertiary/aromatic N) is 4. The molecule has 2 aromatic heterocycles. The zero-order chi connectivity index (χ0) is 23.7. The Balaban J connectivity index is 1.51. The van der Waals surface area contributed by atoms with Gasteiger partial charge in [0.1, 0.15) is 11.9 Å². The van der Waals surface area contributed by atoms with Gasteiger partial charge in [0, 0.05) is 18.9 Å². The normalized spacial score (nSPS) is 16.7. The van der Waals surface area contributed by atoms with Crippen molar-refractivity contribution >= 4 is 42.6 Å². The number of halogens is 1. The SMILES string of the molecule is O=C(C1CCCN1S(=O)(=O)c1ccc(F)cc1)N(Cc1cccnc1)c1nc2ccccc2s1. The Morgan fingerprint density at radius 3 is 2.65 bits per heavy atom. The number of hydrogen-bond acceptors (Lipinski definition) is 6. The Bertz CT molecular complexity index is 1390. The Kier molecular flexibility index (Phi) is 6.11. The summed E-state index contributed by atoms with van der Waals surface area (Å²) in [5, 5.41) is 0.501. The van der Waals surface area contributed by atoms with Gasteiger partial charge in [-0.1, -0.05) is 29.5 Å². The molecular weight excluding hydrogens is 475 g/mol. The predicted molar refractivity (Wildman–Crippen MR) is 128 cm³/mol. The van der Waals surface area contributed by atoms with Gasteiger partial charge in [0.2, 0.25) is 15.9 Å². The highest BCUT2D eigenvalue weighted by atomic mass is 32.2. The van der Waals surface area contributed by atoms with Gasteiger partial charge in [-0.05, 0) is 60.9 Å². The molecule has 2 aromatic carbocycles. The molecule has 0 spiro atoms. The van der Waals surface area contributed by atoms with Crippen LogP contribution in [0.1, 0.15) is 18.4 Å². The first-order chi connectivity index (χ1) is 16.4. The van der Waals surface area contributed by atoms with Gasteiger partial charge in [-0.3, -0.25) is 14.7 Å². The van der Waals surface area contributed by atoms with Crippen LogP contribution >= 0.6 is 11.3 Å². The molecule has 0 radical (unpaired) electrons. The minimum absolute atomic E-state index is 0.0348. The molecule has 1 aliphatic heterocycles. The number of benzene rings is 2. The highest BCUT2D eigenvalue weighted by molar-refractivity contribution is 7.89. The number of anilines is 1. The molecule has 10 heteroatoms. The second-order valence-corrected chi connectivity index (χ2v) is 10.9. The lowest BCUT2D eigenvalue weighted by molar-refractivity contribution is -0.121. The number of fused-ring (bicyclic) bond motifs is 1. The molecule has 34 heavy (non-hydrogen) atoms. The number of pyridine rings is 1. The van der Waals surface area contributed by atoms with E-state index in [1.54, 1.807) is 23.4 Å². The van der Waals surface area contributed by atoms with Crippen molar-refractivity contribution in [3.63, 3.8) is 0 Å². The van der Waals surface area contributed by atoms with Gasteiger partial charge in [0.15, 0.2) is 5.13 Å². The summed E-state index contributed by atoms with van der Waals surface area (Å²) in [5.41, 5.74) is 1.58. The van der Waals surface area contributed by atoms with Crippen LogP contribution < -0.4 is 4.90 Å². The van der Waals surface area contributed by atoms with Crippen molar-refractivity contribution in [2.45, 2.75) is 30.3 Å². The average molecular weight is 497 g/mol. The van der Waals surface area contributed by atoms with Crippen molar-refractivity contribution < 1.29 is 17.6 Å². The van der Waals surface area contributed by atoms with Crippen molar-refractivity contribution in [1.29, 1.82) is 0 Å². The molecule has 4 aromatic rings. The van der Waals surface area contributed by atoms with Crippen LogP contribution in [0.5, 0.6) is 0 Å². The molecule has 5 rings (SSSR count). The van der Waals surface area contributed by atoms with Crippen LogP contribution in [-0.2, 0) is 21.4 Å². The van der Waals surface area contributed by atoms with E-state index in [-0.39, 0.29) is 23.9 Å². The van der Waals surface area contributed by atoms with Crippen LogP contribution in [0, 0.1) is 5.82 Å². The number of thiazole rings is 1. The largest absolute Gasteiger partial charge is 0.282 e. The molecule has 7 nitrogen and oxygen atoms in total. The molecule has 1 aliphatic rings. The third-order valence-corrected chi connectivity index (χ3v) is 8.73. The lowest BCUT2D eigenvalue weighted by Gasteiger charge is -2.28. The van der Waals surface area contributed by atoms with Crippen molar-refractivity contribution in [1.82, 2.24) is 14.3 Å². The second kappa shape index (κ2) is 9.21.